The van der Waals surface area contributed by atoms with Gasteiger partial charge < -0.3 is 4.52 Å². The number of nitrogens with zero attached hydrogens (tertiary/aromatic N) is 3. The molecule has 0 fully saturated rings. The van der Waals surface area contributed by atoms with E-state index in [1.54, 1.807) is 0 Å². The number of thiophene rings is 1. The van der Waals surface area contributed by atoms with E-state index in [-0.39, 0.29) is 30.2 Å². The smallest absolute Gasteiger partial charge is 0.329 e. The quantitative estimate of drug-likeness (QED) is 0.510. The average molecular weight is 483 g/mol. The summed E-state index contributed by atoms with van der Waals surface area (Å²) >= 11 is 1.10. The minimum atomic E-state index is -4.79. The zero-order chi connectivity index (χ0) is 22.6. The molecule has 3 aromatic rings. The number of benzene rings is 1. The Morgan fingerprint density at radius 3 is 2.45 bits per heavy atom. The van der Waals surface area contributed by atoms with Crippen LogP contribution in [0.2, 0.25) is 0 Å². The molecular weight excluding hydrogens is 472 g/mol. The van der Waals surface area contributed by atoms with Crippen LogP contribution >= 0.6 is 11.3 Å². The van der Waals surface area contributed by atoms with Gasteiger partial charge in [0.15, 0.2) is 0 Å². The molecule has 0 radical (unpaired) electrons. The second kappa shape index (κ2) is 7.31. The van der Waals surface area contributed by atoms with Gasteiger partial charge in [0.25, 0.3) is 0 Å². The minimum absolute atomic E-state index is 0.00553. The summed E-state index contributed by atoms with van der Waals surface area (Å²) < 4.78 is 108. The van der Waals surface area contributed by atoms with Gasteiger partial charge in [0.2, 0.25) is 15.8 Å². The first-order valence-electron chi connectivity index (χ1n) is 8.56. The van der Waals surface area contributed by atoms with Crippen molar-refractivity contribution in [1.82, 2.24) is 14.4 Å². The van der Waals surface area contributed by atoms with Gasteiger partial charge in [0, 0.05) is 18.0 Å². The monoisotopic (exact) mass is 483 g/mol. The maximum Gasteiger partial charge on any atom is 0.471 e. The zero-order valence-electron chi connectivity index (χ0n) is 15.2. The molecule has 0 spiro atoms. The molecule has 14 heteroatoms. The van der Waals surface area contributed by atoms with Crippen LogP contribution in [0.25, 0.3) is 10.7 Å². The van der Waals surface area contributed by atoms with E-state index in [0.717, 1.165) is 38.7 Å². The molecule has 3 heterocycles. The highest BCUT2D eigenvalue weighted by Crippen LogP contribution is 2.37. The van der Waals surface area contributed by atoms with Gasteiger partial charge in [-0.1, -0.05) is 11.2 Å². The van der Waals surface area contributed by atoms with E-state index in [2.05, 4.69) is 14.7 Å². The predicted octanol–water partition coefficient (Wildman–Crippen LogP) is 4.58. The highest BCUT2D eigenvalue weighted by Gasteiger charge is 2.39. The van der Waals surface area contributed by atoms with Crippen molar-refractivity contribution in [3.63, 3.8) is 0 Å². The summed E-state index contributed by atoms with van der Waals surface area (Å²) in [4.78, 5) is 3.81. The molecule has 1 aliphatic rings. The summed E-state index contributed by atoms with van der Waals surface area (Å²) in [7, 11) is -4.22. The van der Waals surface area contributed by atoms with E-state index in [1.807, 2.05) is 0 Å². The molecule has 0 saturated carbocycles. The molecule has 0 N–H and O–H groups in total. The van der Waals surface area contributed by atoms with Gasteiger partial charge in [-0.3, -0.25) is 0 Å². The summed E-state index contributed by atoms with van der Waals surface area (Å²) in [6.45, 7) is -0.139. The first-order valence-corrected chi connectivity index (χ1v) is 10.8. The highest BCUT2D eigenvalue weighted by molar-refractivity contribution is 7.89. The maximum atomic E-state index is 12.9. The molecule has 1 aromatic carbocycles. The Morgan fingerprint density at radius 2 is 1.81 bits per heavy atom. The lowest BCUT2D eigenvalue weighted by Crippen LogP contribution is -2.35. The van der Waals surface area contributed by atoms with Crippen molar-refractivity contribution in [2.75, 3.05) is 6.54 Å². The number of halogens is 6. The third kappa shape index (κ3) is 4.19. The Balaban J connectivity index is 1.60. The number of aromatic nitrogens is 2. The molecule has 0 atom stereocenters. The predicted molar refractivity (Wildman–Crippen MR) is 95.4 cm³/mol. The van der Waals surface area contributed by atoms with Crippen LogP contribution in [-0.4, -0.2) is 29.4 Å². The van der Waals surface area contributed by atoms with E-state index in [0.29, 0.717) is 11.6 Å². The van der Waals surface area contributed by atoms with Crippen LogP contribution in [0.15, 0.2) is 39.8 Å². The fourth-order valence-electron chi connectivity index (χ4n) is 3.04. The fourth-order valence-corrected chi connectivity index (χ4v) is 5.60. The van der Waals surface area contributed by atoms with Gasteiger partial charge in [-0.2, -0.15) is 35.6 Å². The first kappa shape index (κ1) is 21.8. The SMILES string of the molecule is O=S(=O)(c1cccc(C(F)(F)F)c1)N1CCc2sc(-c3noc(C(F)(F)F)n3)cc2C1. The number of hydrogen-bond donors (Lipinski definition) is 0. The Hall–Kier alpha value is -2.45. The third-order valence-electron chi connectivity index (χ3n) is 4.52. The molecule has 0 aliphatic carbocycles. The summed E-state index contributed by atoms with van der Waals surface area (Å²) in [5.41, 5.74) is -0.568. The Labute approximate surface area is 175 Å². The van der Waals surface area contributed by atoms with Crippen molar-refractivity contribution in [1.29, 1.82) is 0 Å². The van der Waals surface area contributed by atoms with Crippen LogP contribution in [0.3, 0.4) is 0 Å². The van der Waals surface area contributed by atoms with Crippen LogP contribution in [0.1, 0.15) is 21.9 Å². The van der Waals surface area contributed by atoms with Crippen LogP contribution < -0.4 is 0 Å². The van der Waals surface area contributed by atoms with E-state index >= 15 is 0 Å². The molecule has 2 aromatic heterocycles. The lowest BCUT2D eigenvalue weighted by Gasteiger charge is -2.26. The largest absolute Gasteiger partial charge is 0.471 e. The normalized spacial score (nSPS) is 15.8. The van der Waals surface area contributed by atoms with E-state index in [1.165, 1.54) is 6.07 Å². The van der Waals surface area contributed by atoms with Crippen molar-refractivity contribution >= 4 is 21.4 Å². The number of sulfonamides is 1. The number of alkyl halides is 6. The molecule has 0 unspecified atom stereocenters. The summed E-state index contributed by atoms with van der Waals surface area (Å²) in [5.74, 6) is -1.78. The van der Waals surface area contributed by atoms with E-state index in [4.69, 9.17) is 0 Å². The van der Waals surface area contributed by atoms with Crippen LogP contribution in [-0.2, 0) is 35.3 Å². The molecule has 166 valence electrons. The molecule has 1 aliphatic heterocycles. The first-order chi connectivity index (χ1) is 14.4. The van der Waals surface area contributed by atoms with Gasteiger partial charge >= 0.3 is 18.2 Å². The number of rotatable bonds is 3. The van der Waals surface area contributed by atoms with Crippen molar-refractivity contribution in [2.45, 2.75) is 30.2 Å². The Kier molecular flexibility index (Phi) is 5.13. The van der Waals surface area contributed by atoms with Crippen molar-refractivity contribution < 1.29 is 39.3 Å². The summed E-state index contributed by atoms with van der Waals surface area (Å²) in [6.07, 6.45) is -9.25. The Morgan fingerprint density at radius 1 is 1.06 bits per heavy atom. The van der Waals surface area contributed by atoms with Crippen molar-refractivity contribution in [3.05, 3.63) is 52.2 Å². The molecule has 0 amide bonds. The van der Waals surface area contributed by atoms with E-state index < -0.39 is 38.7 Å². The molecule has 0 saturated heterocycles. The Bertz CT molecular complexity index is 1230. The zero-order valence-corrected chi connectivity index (χ0v) is 16.8. The molecule has 31 heavy (non-hydrogen) atoms. The molecule has 0 bridgehead atoms. The lowest BCUT2D eigenvalue weighted by molar-refractivity contribution is -0.159. The van der Waals surface area contributed by atoms with Gasteiger partial charge in [0.1, 0.15) is 0 Å². The average Bonchev–Trinajstić information content (AvgIpc) is 3.33. The number of fused-ring (bicyclic) bond motifs is 1. The van der Waals surface area contributed by atoms with Crippen molar-refractivity contribution in [2.24, 2.45) is 0 Å². The summed E-state index contributed by atoms with van der Waals surface area (Å²) in [5, 5.41) is 3.31. The lowest BCUT2D eigenvalue weighted by atomic mass is 10.1. The molecule has 4 rings (SSSR count). The van der Waals surface area contributed by atoms with E-state index in [9.17, 15) is 34.8 Å². The maximum absolute atomic E-state index is 12.9. The van der Waals surface area contributed by atoms with Crippen LogP contribution in [0.4, 0.5) is 26.3 Å². The second-order valence-electron chi connectivity index (χ2n) is 6.59. The topological polar surface area (TPSA) is 76.3 Å². The van der Waals surface area contributed by atoms with Gasteiger partial charge in [-0.05, 0) is 36.2 Å². The molecule has 6 nitrogen and oxygen atoms in total. The van der Waals surface area contributed by atoms with Gasteiger partial charge in [-0.15, -0.1) is 11.3 Å². The third-order valence-corrected chi connectivity index (χ3v) is 7.59. The van der Waals surface area contributed by atoms with Gasteiger partial charge in [-0.25, -0.2) is 8.42 Å². The standard InChI is InChI=1S/C17H11F6N3O3S2/c18-16(19,20)10-2-1-3-11(7-10)31(27,28)26-5-4-12-9(8-26)6-13(30-12)14-24-15(29-25-14)17(21,22)23/h1-3,6-7H,4-5,8H2. The minimum Gasteiger partial charge on any atom is -0.329 e. The van der Waals surface area contributed by atoms with Crippen LogP contribution in [0, 0.1) is 0 Å². The second-order valence-corrected chi connectivity index (χ2v) is 9.67. The van der Waals surface area contributed by atoms with Gasteiger partial charge in [0.05, 0.1) is 15.3 Å². The van der Waals surface area contributed by atoms with Crippen molar-refractivity contribution in [3.8, 4) is 10.7 Å². The highest BCUT2D eigenvalue weighted by atomic mass is 32.2. The summed E-state index contributed by atoms with van der Waals surface area (Å²) in [6, 6.07) is 4.90. The number of hydrogen-bond acceptors (Lipinski definition) is 6. The van der Waals surface area contributed by atoms with Crippen LogP contribution in [0.5, 0.6) is 0 Å². The fraction of sp³-hybridized carbons (Fsp3) is 0.294. The molecular formula is C17H11F6N3O3S2.